The number of hydrogen-bond acceptors (Lipinski definition) is 2. The average molecular weight is 201 g/mol. The number of aromatic amines is 1. The van der Waals surface area contributed by atoms with Crippen molar-refractivity contribution in [3.63, 3.8) is 0 Å². The first kappa shape index (κ1) is 9.93. The number of hydrogen-bond donors (Lipinski definition) is 2. The van der Waals surface area contributed by atoms with Gasteiger partial charge in [-0.3, -0.25) is 0 Å². The van der Waals surface area contributed by atoms with Gasteiger partial charge in [-0.1, -0.05) is 31.2 Å². The normalized spacial score (nSPS) is 12.7. The second kappa shape index (κ2) is 4.28. The molecule has 0 aliphatic carbocycles. The Labute approximate surface area is 89.4 Å². The van der Waals surface area contributed by atoms with Crippen LogP contribution >= 0.6 is 0 Å². The van der Waals surface area contributed by atoms with Crippen molar-refractivity contribution in [1.29, 1.82) is 0 Å². The van der Waals surface area contributed by atoms with E-state index in [4.69, 9.17) is 5.73 Å². The lowest BCUT2D eigenvalue weighted by molar-refractivity contribution is 0.836. The number of benzene rings is 1. The van der Waals surface area contributed by atoms with Crippen LogP contribution in [0.4, 0.5) is 0 Å². The second-order valence-electron chi connectivity index (χ2n) is 3.65. The lowest BCUT2D eigenvalue weighted by Gasteiger charge is -2.10. The van der Waals surface area contributed by atoms with Gasteiger partial charge in [-0.15, -0.1) is 0 Å². The molecule has 3 heteroatoms. The summed E-state index contributed by atoms with van der Waals surface area (Å²) in [5, 5.41) is 0. The number of nitrogens with zero attached hydrogens (tertiary/aromatic N) is 1. The maximum Gasteiger partial charge on any atom is 0.113 e. The number of imidazole rings is 1. The third kappa shape index (κ3) is 2.07. The standard InChI is InChI=1S/C12H15N3/c1-9(12-14-5-6-15-12)11-4-2-3-10(7-11)8-13/h2-7,9H,8,13H2,1H3,(H,14,15). The molecule has 15 heavy (non-hydrogen) atoms. The van der Waals surface area contributed by atoms with Gasteiger partial charge in [0.2, 0.25) is 0 Å². The summed E-state index contributed by atoms with van der Waals surface area (Å²) in [6.07, 6.45) is 3.62. The van der Waals surface area contributed by atoms with Gasteiger partial charge in [0.1, 0.15) is 5.82 Å². The van der Waals surface area contributed by atoms with Gasteiger partial charge in [0.05, 0.1) is 0 Å². The van der Waals surface area contributed by atoms with Crippen LogP contribution in [0.3, 0.4) is 0 Å². The number of aromatic nitrogens is 2. The van der Waals surface area contributed by atoms with E-state index in [1.807, 2.05) is 18.3 Å². The Morgan fingerprint density at radius 1 is 1.47 bits per heavy atom. The molecule has 1 aromatic heterocycles. The summed E-state index contributed by atoms with van der Waals surface area (Å²) in [5.41, 5.74) is 8.02. The molecule has 0 saturated carbocycles. The molecular formula is C12H15N3. The monoisotopic (exact) mass is 201 g/mol. The Morgan fingerprint density at radius 2 is 2.33 bits per heavy atom. The first-order valence-electron chi connectivity index (χ1n) is 5.09. The quantitative estimate of drug-likeness (QED) is 0.798. The van der Waals surface area contributed by atoms with Crippen LogP contribution in [-0.2, 0) is 6.54 Å². The fourth-order valence-electron chi connectivity index (χ4n) is 1.66. The highest BCUT2D eigenvalue weighted by Crippen LogP contribution is 2.21. The zero-order valence-electron chi connectivity index (χ0n) is 8.77. The third-order valence-electron chi connectivity index (χ3n) is 2.62. The third-order valence-corrected chi connectivity index (χ3v) is 2.62. The van der Waals surface area contributed by atoms with Crippen molar-refractivity contribution in [1.82, 2.24) is 9.97 Å². The minimum Gasteiger partial charge on any atom is -0.348 e. The average Bonchev–Trinajstić information content (AvgIpc) is 2.81. The van der Waals surface area contributed by atoms with Gasteiger partial charge < -0.3 is 10.7 Å². The van der Waals surface area contributed by atoms with E-state index >= 15 is 0 Å². The van der Waals surface area contributed by atoms with E-state index in [0.717, 1.165) is 11.4 Å². The van der Waals surface area contributed by atoms with E-state index in [-0.39, 0.29) is 5.92 Å². The minimum atomic E-state index is 0.284. The summed E-state index contributed by atoms with van der Waals surface area (Å²) < 4.78 is 0. The number of nitrogens with two attached hydrogens (primary N) is 1. The molecule has 1 aromatic carbocycles. The maximum absolute atomic E-state index is 5.61. The van der Waals surface area contributed by atoms with Crippen LogP contribution in [-0.4, -0.2) is 9.97 Å². The van der Waals surface area contributed by atoms with Crippen molar-refractivity contribution in [2.75, 3.05) is 0 Å². The Kier molecular flexibility index (Phi) is 2.83. The van der Waals surface area contributed by atoms with Gasteiger partial charge in [0.15, 0.2) is 0 Å². The summed E-state index contributed by atoms with van der Waals surface area (Å²) in [5.74, 6) is 1.27. The molecule has 1 unspecified atom stereocenters. The number of nitrogens with one attached hydrogen (secondary N) is 1. The van der Waals surface area contributed by atoms with Crippen molar-refractivity contribution in [3.05, 3.63) is 53.6 Å². The summed E-state index contributed by atoms with van der Waals surface area (Å²) in [6, 6.07) is 8.31. The molecule has 2 rings (SSSR count). The van der Waals surface area contributed by atoms with Crippen LogP contribution < -0.4 is 5.73 Å². The van der Waals surface area contributed by atoms with Gasteiger partial charge in [-0.05, 0) is 11.1 Å². The Morgan fingerprint density at radius 3 is 3.00 bits per heavy atom. The Hall–Kier alpha value is -1.61. The minimum absolute atomic E-state index is 0.284. The molecule has 0 saturated heterocycles. The van der Waals surface area contributed by atoms with E-state index in [2.05, 4.69) is 29.0 Å². The molecule has 0 spiro atoms. The van der Waals surface area contributed by atoms with Gasteiger partial charge in [0.25, 0.3) is 0 Å². The first-order valence-corrected chi connectivity index (χ1v) is 5.09. The molecule has 0 fully saturated rings. The predicted octanol–water partition coefficient (Wildman–Crippen LogP) is 2.02. The fourth-order valence-corrected chi connectivity index (χ4v) is 1.66. The summed E-state index contributed by atoms with van der Waals surface area (Å²) in [7, 11) is 0. The van der Waals surface area contributed by atoms with Crippen LogP contribution in [0.1, 0.15) is 29.8 Å². The van der Waals surface area contributed by atoms with Gasteiger partial charge in [0, 0.05) is 24.9 Å². The molecule has 0 amide bonds. The smallest absolute Gasteiger partial charge is 0.113 e. The molecule has 0 aliphatic heterocycles. The SMILES string of the molecule is CC(c1cccc(CN)c1)c1ncc[nH]1. The van der Waals surface area contributed by atoms with E-state index in [9.17, 15) is 0 Å². The van der Waals surface area contributed by atoms with Gasteiger partial charge in [-0.25, -0.2) is 4.98 Å². The topological polar surface area (TPSA) is 54.7 Å². The zero-order valence-corrected chi connectivity index (χ0v) is 8.77. The molecule has 0 aliphatic rings. The largest absolute Gasteiger partial charge is 0.348 e. The van der Waals surface area contributed by atoms with Crippen LogP contribution in [0.25, 0.3) is 0 Å². The highest BCUT2D eigenvalue weighted by molar-refractivity contribution is 5.29. The number of H-pyrrole nitrogens is 1. The summed E-state index contributed by atoms with van der Waals surface area (Å²) in [4.78, 5) is 7.39. The van der Waals surface area contributed by atoms with Crippen molar-refractivity contribution in [2.45, 2.75) is 19.4 Å². The van der Waals surface area contributed by atoms with Gasteiger partial charge in [-0.2, -0.15) is 0 Å². The Balaban J connectivity index is 2.29. The fraction of sp³-hybridized carbons (Fsp3) is 0.250. The van der Waals surface area contributed by atoms with E-state index in [1.54, 1.807) is 6.20 Å². The molecule has 1 heterocycles. The summed E-state index contributed by atoms with van der Waals surface area (Å²) >= 11 is 0. The molecule has 3 N–H and O–H groups in total. The highest BCUT2D eigenvalue weighted by atomic mass is 14.9. The molecular weight excluding hydrogens is 186 g/mol. The van der Waals surface area contributed by atoms with E-state index in [0.29, 0.717) is 6.54 Å². The molecule has 1 atom stereocenters. The predicted molar refractivity (Wildman–Crippen MR) is 60.4 cm³/mol. The molecule has 78 valence electrons. The molecule has 3 nitrogen and oxygen atoms in total. The first-order chi connectivity index (χ1) is 7.31. The second-order valence-corrected chi connectivity index (χ2v) is 3.65. The Bertz CT molecular complexity index is 420. The molecule has 0 radical (unpaired) electrons. The van der Waals surface area contributed by atoms with Crippen molar-refractivity contribution < 1.29 is 0 Å². The van der Waals surface area contributed by atoms with Crippen LogP contribution in [0.5, 0.6) is 0 Å². The van der Waals surface area contributed by atoms with E-state index < -0.39 is 0 Å². The van der Waals surface area contributed by atoms with Crippen molar-refractivity contribution >= 4 is 0 Å². The zero-order chi connectivity index (χ0) is 10.7. The number of rotatable bonds is 3. The summed E-state index contributed by atoms with van der Waals surface area (Å²) in [6.45, 7) is 2.72. The molecule has 2 aromatic rings. The van der Waals surface area contributed by atoms with Crippen molar-refractivity contribution in [3.8, 4) is 0 Å². The van der Waals surface area contributed by atoms with E-state index in [1.165, 1.54) is 5.56 Å². The molecule has 0 bridgehead atoms. The van der Waals surface area contributed by atoms with Crippen LogP contribution in [0, 0.1) is 0 Å². The van der Waals surface area contributed by atoms with Crippen LogP contribution in [0.2, 0.25) is 0 Å². The lowest BCUT2D eigenvalue weighted by Crippen LogP contribution is -2.01. The van der Waals surface area contributed by atoms with Gasteiger partial charge >= 0.3 is 0 Å². The van der Waals surface area contributed by atoms with Crippen LogP contribution in [0.15, 0.2) is 36.7 Å². The van der Waals surface area contributed by atoms with Crippen molar-refractivity contribution in [2.24, 2.45) is 5.73 Å². The maximum atomic E-state index is 5.61. The lowest BCUT2D eigenvalue weighted by atomic mass is 9.98. The highest BCUT2D eigenvalue weighted by Gasteiger charge is 2.10.